The molecule has 0 bridgehead atoms. The predicted octanol–water partition coefficient (Wildman–Crippen LogP) is 4.48. The molecule has 3 heterocycles. The van der Waals surface area contributed by atoms with Crippen molar-refractivity contribution in [1.29, 1.82) is 0 Å². The lowest BCUT2D eigenvalue weighted by Gasteiger charge is -2.40. The minimum absolute atomic E-state index is 0.0691. The number of rotatable bonds is 4. The van der Waals surface area contributed by atoms with Crippen molar-refractivity contribution in [1.82, 2.24) is 14.4 Å². The van der Waals surface area contributed by atoms with Crippen LogP contribution >= 0.6 is 0 Å². The van der Waals surface area contributed by atoms with Crippen LogP contribution in [0.25, 0.3) is 10.9 Å². The molecular weight excluding hydrogens is 474 g/mol. The van der Waals surface area contributed by atoms with Gasteiger partial charge in [-0.3, -0.25) is 9.59 Å². The van der Waals surface area contributed by atoms with E-state index in [-0.39, 0.29) is 11.8 Å². The van der Waals surface area contributed by atoms with Gasteiger partial charge in [0.15, 0.2) is 0 Å². The topological polar surface area (TPSA) is 60.8 Å². The van der Waals surface area contributed by atoms with Gasteiger partial charge < -0.3 is 24.6 Å². The Hall–Kier alpha value is -4.10. The van der Waals surface area contributed by atoms with E-state index in [0.29, 0.717) is 5.56 Å². The van der Waals surface area contributed by atoms with Gasteiger partial charge in [-0.15, -0.1) is 0 Å². The van der Waals surface area contributed by atoms with Gasteiger partial charge >= 0.3 is 0 Å². The average molecular weight is 508 g/mol. The lowest BCUT2D eigenvalue weighted by atomic mass is 9.79. The molecule has 3 aromatic carbocycles. The molecular formula is C31H33N5O2. The number of carbonyl (C=O) groups excluding carboxylic acids is 2. The quantitative estimate of drug-likeness (QED) is 0.443. The van der Waals surface area contributed by atoms with Crippen molar-refractivity contribution in [3.63, 3.8) is 0 Å². The third-order valence-corrected chi connectivity index (χ3v) is 8.11. The second kappa shape index (κ2) is 9.65. The molecule has 194 valence electrons. The lowest BCUT2D eigenvalue weighted by Crippen LogP contribution is -2.45. The summed E-state index contributed by atoms with van der Waals surface area (Å²) in [6.45, 7) is 3.78. The summed E-state index contributed by atoms with van der Waals surface area (Å²) in [5.74, 6) is -0.753. The number of aromatic nitrogens is 1. The van der Waals surface area contributed by atoms with Crippen LogP contribution < -0.4 is 10.2 Å². The molecule has 0 radical (unpaired) electrons. The number of hydrogen-bond acceptors (Lipinski definition) is 4. The second-order valence-electron chi connectivity index (χ2n) is 10.4. The molecule has 4 aromatic rings. The van der Waals surface area contributed by atoms with Crippen LogP contribution in [-0.2, 0) is 11.8 Å². The van der Waals surface area contributed by atoms with E-state index in [1.54, 1.807) is 4.90 Å². The van der Waals surface area contributed by atoms with Crippen LogP contribution in [0.5, 0.6) is 0 Å². The zero-order valence-electron chi connectivity index (χ0n) is 22.1. The normalized spacial score (nSPS) is 20.0. The van der Waals surface area contributed by atoms with Crippen molar-refractivity contribution >= 4 is 34.1 Å². The van der Waals surface area contributed by atoms with Crippen molar-refractivity contribution in [2.45, 2.75) is 12.0 Å². The van der Waals surface area contributed by atoms with Gasteiger partial charge in [0, 0.05) is 68.5 Å². The third kappa shape index (κ3) is 4.03. The van der Waals surface area contributed by atoms with Crippen molar-refractivity contribution in [3.05, 3.63) is 95.7 Å². The summed E-state index contributed by atoms with van der Waals surface area (Å²) in [6, 6.07) is 23.3. The van der Waals surface area contributed by atoms with Crippen molar-refractivity contribution in [2.24, 2.45) is 7.05 Å². The van der Waals surface area contributed by atoms with Gasteiger partial charge in [0.05, 0.1) is 23.3 Å². The van der Waals surface area contributed by atoms with Gasteiger partial charge in [-0.05, 0) is 36.9 Å². The predicted molar refractivity (Wildman–Crippen MR) is 152 cm³/mol. The highest BCUT2D eigenvalue weighted by Crippen LogP contribution is 2.45. The number of aryl methyl sites for hydroxylation is 1. The number of para-hydroxylation sites is 3. The molecule has 7 heteroatoms. The number of piperazine rings is 1. The number of anilines is 2. The number of hydrogen-bond donors (Lipinski definition) is 1. The second-order valence-corrected chi connectivity index (χ2v) is 10.4. The van der Waals surface area contributed by atoms with Gasteiger partial charge in [0.2, 0.25) is 5.91 Å². The Kier molecular flexibility index (Phi) is 6.16. The fourth-order valence-electron chi connectivity index (χ4n) is 6.07. The highest BCUT2D eigenvalue weighted by molar-refractivity contribution is 6.06. The average Bonchev–Trinajstić information content (AvgIpc) is 3.27. The number of fused-ring (bicyclic) bond motifs is 2. The van der Waals surface area contributed by atoms with E-state index >= 15 is 0 Å². The molecule has 2 unspecified atom stereocenters. The van der Waals surface area contributed by atoms with E-state index in [1.165, 1.54) is 0 Å². The fourth-order valence-corrected chi connectivity index (χ4v) is 6.07. The van der Waals surface area contributed by atoms with Crippen LogP contribution in [0.4, 0.5) is 11.4 Å². The molecule has 1 N–H and O–H groups in total. The van der Waals surface area contributed by atoms with Crippen molar-refractivity contribution in [2.75, 3.05) is 50.5 Å². The Morgan fingerprint density at radius 3 is 2.32 bits per heavy atom. The highest BCUT2D eigenvalue weighted by atomic mass is 16.2. The molecule has 38 heavy (non-hydrogen) atoms. The largest absolute Gasteiger partial charge is 0.367 e. The van der Waals surface area contributed by atoms with Crippen molar-refractivity contribution in [3.8, 4) is 0 Å². The number of carbonyl (C=O) groups is 2. The Labute approximate surface area is 223 Å². The van der Waals surface area contributed by atoms with Gasteiger partial charge in [0.1, 0.15) is 0 Å². The van der Waals surface area contributed by atoms with Crippen LogP contribution in [-0.4, -0.2) is 66.5 Å². The molecule has 2 aliphatic rings. The smallest absolute Gasteiger partial charge is 0.254 e. The number of benzene rings is 3. The monoisotopic (exact) mass is 507 g/mol. The van der Waals surface area contributed by atoms with Gasteiger partial charge in [-0.1, -0.05) is 48.5 Å². The van der Waals surface area contributed by atoms with E-state index in [1.807, 2.05) is 68.7 Å². The summed E-state index contributed by atoms with van der Waals surface area (Å²) in [7, 11) is 5.95. The first-order chi connectivity index (χ1) is 18.4. The number of likely N-dealkylation sites (N-methyl/N-ethyl adjacent to an activating group) is 2. The highest BCUT2D eigenvalue weighted by Gasteiger charge is 2.43. The summed E-state index contributed by atoms with van der Waals surface area (Å²) in [5.41, 5.74) is 5.23. The minimum atomic E-state index is -0.569. The van der Waals surface area contributed by atoms with Crippen LogP contribution in [0, 0.1) is 0 Å². The first-order valence-corrected chi connectivity index (χ1v) is 13.2. The first kappa shape index (κ1) is 24.2. The molecule has 7 nitrogen and oxygen atoms in total. The van der Waals surface area contributed by atoms with Gasteiger partial charge in [0.25, 0.3) is 5.91 Å². The molecule has 6 rings (SSSR count). The van der Waals surface area contributed by atoms with Gasteiger partial charge in [-0.2, -0.15) is 0 Å². The van der Waals surface area contributed by atoms with E-state index in [4.69, 9.17) is 0 Å². The fraction of sp³-hybridized carbons (Fsp3) is 0.290. The van der Waals surface area contributed by atoms with Gasteiger partial charge in [-0.25, -0.2) is 0 Å². The summed E-state index contributed by atoms with van der Waals surface area (Å²) >= 11 is 0. The van der Waals surface area contributed by atoms with E-state index in [2.05, 4.69) is 51.1 Å². The Morgan fingerprint density at radius 2 is 1.50 bits per heavy atom. The summed E-state index contributed by atoms with van der Waals surface area (Å²) < 4.78 is 2.07. The molecule has 1 fully saturated rings. The maximum absolute atomic E-state index is 14.3. The van der Waals surface area contributed by atoms with Crippen LogP contribution in [0.15, 0.2) is 79.0 Å². The molecule has 0 saturated carbocycles. The maximum Gasteiger partial charge on any atom is 0.254 e. The molecule has 2 atom stereocenters. The maximum atomic E-state index is 14.3. The summed E-state index contributed by atoms with van der Waals surface area (Å²) in [4.78, 5) is 34.2. The Bertz CT molecular complexity index is 1520. The van der Waals surface area contributed by atoms with Crippen LogP contribution in [0.3, 0.4) is 0 Å². The molecule has 0 spiro atoms. The minimum Gasteiger partial charge on any atom is -0.367 e. The van der Waals surface area contributed by atoms with Crippen LogP contribution in [0.2, 0.25) is 0 Å². The zero-order valence-corrected chi connectivity index (χ0v) is 22.1. The lowest BCUT2D eigenvalue weighted by molar-refractivity contribution is -0.119. The summed E-state index contributed by atoms with van der Waals surface area (Å²) in [6.07, 6.45) is 2.06. The number of nitrogens with zero attached hydrogens (tertiary/aromatic N) is 4. The third-order valence-electron chi connectivity index (χ3n) is 8.11. The standard InChI is InChI=1S/C31H33N5O2/c1-33-16-18-36(19-17-33)27-15-9-7-13-25(27)32-30(37)28-22-11-4-5-12-23(22)31(38)35(3)29(28)24-20-34(2)26-14-8-6-10-21(24)26/h4-15,20,28-29H,16-19H2,1-3H3,(H,32,37). The molecule has 2 amide bonds. The Balaban J connectivity index is 1.43. The molecule has 0 aliphatic carbocycles. The molecule has 2 aliphatic heterocycles. The van der Waals surface area contributed by atoms with E-state index in [0.717, 1.165) is 59.6 Å². The molecule has 1 saturated heterocycles. The van der Waals surface area contributed by atoms with E-state index < -0.39 is 12.0 Å². The number of amides is 2. The molecule has 1 aromatic heterocycles. The first-order valence-electron chi connectivity index (χ1n) is 13.2. The zero-order chi connectivity index (χ0) is 26.4. The number of nitrogens with one attached hydrogen (secondary N) is 1. The van der Waals surface area contributed by atoms with Crippen molar-refractivity contribution < 1.29 is 9.59 Å². The Morgan fingerprint density at radius 1 is 0.816 bits per heavy atom. The SMILES string of the molecule is CN1CCN(c2ccccc2NC(=O)C2c3ccccc3C(=O)N(C)C2c2cn(C)c3ccccc23)CC1. The summed E-state index contributed by atoms with van der Waals surface area (Å²) in [5, 5.41) is 4.33. The van der Waals surface area contributed by atoms with E-state index in [9.17, 15) is 9.59 Å². The van der Waals surface area contributed by atoms with Crippen LogP contribution in [0.1, 0.15) is 33.4 Å².